The first-order chi connectivity index (χ1) is 12.4. The number of amides is 1. The molecule has 2 aromatic rings. The molecule has 1 fully saturated rings. The Morgan fingerprint density at radius 1 is 1.19 bits per heavy atom. The van der Waals surface area contributed by atoms with Gasteiger partial charge in [0.05, 0.1) is 16.6 Å². The van der Waals surface area contributed by atoms with Gasteiger partial charge in [-0.05, 0) is 41.5 Å². The van der Waals surface area contributed by atoms with Crippen molar-refractivity contribution in [3.8, 4) is 0 Å². The molecule has 0 spiro atoms. The van der Waals surface area contributed by atoms with E-state index in [-0.39, 0.29) is 11.5 Å². The topological polar surface area (TPSA) is 63.7 Å². The summed E-state index contributed by atoms with van der Waals surface area (Å²) in [5, 5.41) is 11.0. The van der Waals surface area contributed by atoms with Gasteiger partial charge in [-0.25, -0.2) is 0 Å². The van der Waals surface area contributed by atoms with Crippen LogP contribution in [0.5, 0.6) is 0 Å². The lowest BCUT2D eigenvalue weighted by atomic mass is 10.1. The zero-order chi connectivity index (χ0) is 18.8. The van der Waals surface area contributed by atoms with Gasteiger partial charge >= 0.3 is 0 Å². The van der Waals surface area contributed by atoms with E-state index in [1.54, 1.807) is 18.2 Å². The van der Waals surface area contributed by atoms with Crippen LogP contribution in [0.4, 0.5) is 11.4 Å². The minimum absolute atomic E-state index is 0.000182. The van der Waals surface area contributed by atoms with Gasteiger partial charge in [0, 0.05) is 19.8 Å². The summed E-state index contributed by atoms with van der Waals surface area (Å²) in [7, 11) is 3.92. The molecule has 0 bridgehead atoms. The molecule has 0 unspecified atom stereocenters. The van der Waals surface area contributed by atoms with E-state index in [4.69, 9.17) is 12.2 Å². The van der Waals surface area contributed by atoms with Crippen LogP contribution in [0.15, 0.2) is 53.4 Å². The average molecular weight is 383 g/mol. The first-order valence-electron chi connectivity index (χ1n) is 7.73. The quantitative estimate of drug-likeness (QED) is 0.597. The van der Waals surface area contributed by atoms with Crippen molar-refractivity contribution in [2.45, 2.75) is 0 Å². The molecule has 132 valence electrons. The van der Waals surface area contributed by atoms with E-state index >= 15 is 0 Å². The second-order valence-corrected chi connectivity index (χ2v) is 7.52. The fraction of sp³-hybridized carbons (Fsp3) is 0.105. The second kappa shape index (κ2) is 7.31. The molecule has 0 aliphatic carbocycles. The van der Waals surface area contributed by atoms with Crippen molar-refractivity contribution in [1.29, 1.82) is 0 Å². The number of hydrogen-bond acceptors (Lipinski definition) is 6. The number of carboxylic acid groups (broad SMARTS) is 1. The zero-order valence-electron chi connectivity index (χ0n) is 14.1. The Hall–Kier alpha value is -2.64. The normalized spacial score (nSPS) is 15.6. The molecule has 1 aliphatic rings. The summed E-state index contributed by atoms with van der Waals surface area (Å²) in [5.41, 5.74) is 2.37. The predicted octanol–water partition coefficient (Wildman–Crippen LogP) is 2.52. The second-order valence-electron chi connectivity index (χ2n) is 5.84. The predicted molar refractivity (Wildman–Crippen MR) is 107 cm³/mol. The van der Waals surface area contributed by atoms with Crippen LogP contribution in [0.1, 0.15) is 15.9 Å². The van der Waals surface area contributed by atoms with Crippen LogP contribution in [-0.4, -0.2) is 30.3 Å². The van der Waals surface area contributed by atoms with Crippen LogP contribution in [0.2, 0.25) is 0 Å². The Morgan fingerprint density at radius 3 is 2.50 bits per heavy atom. The van der Waals surface area contributed by atoms with Crippen LogP contribution < -0.4 is 14.9 Å². The summed E-state index contributed by atoms with van der Waals surface area (Å²) in [6.07, 6.45) is 1.78. The summed E-state index contributed by atoms with van der Waals surface area (Å²) in [4.78, 5) is 27.6. The number of nitrogens with zero attached hydrogens (tertiary/aromatic N) is 2. The van der Waals surface area contributed by atoms with Gasteiger partial charge in [-0.15, -0.1) is 0 Å². The molecule has 2 aromatic carbocycles. The number of carbonyl (C=O) groups excluding carboxylic acids is 2. The highest BCUT2D eigenvalue weighted by Crippen LogP contribution is 2.36. The van der Waals surface area contributed by atoms with Crippen LogP contribution in [0.25, 0.3) is 6.08 Å². The van der Waals surface area contributed by atoms with Crippen LogP contribution in [0, 0.1) is 0 Å². The minimum Gasteiger partial charge on any atom is -0.545 e. The number of thioether (sulfide) groups is 1. The Morgan fingerprint density at radius 2 is 1.88 bits per heavy atom. The standard InChI is InChI=1S/C19H16N2O3S2/c1-20(2)14-8-6-12(7-9-14)10-16-17(22)21(19(25)26-16)15-5-3-4-13(11-15)18(23)24/h3-11H,1-2H3,(H,23,24)/p-1. The molecule has 0 radical (unpaired) electrons. The number of hydrogen-bond donors (Lipinski definition) is 0. The fourth-order valence-corrected chi connectivity index (χ4v) is 3.78. The Labute approximate surface area is 160 Å². The average Bonchev–Trinajstić information content (AvgIpc) is 2.89. The zero-order valence-corrected chi connectivity index (χ0v) is 15.8. The van der Waals surface area contributed by atoms with Crippen molar-refractivity contribution in [2.24, 2.45) is 0 Å². The van der Waals surface area contributed by atoms with Gasteiger partial charge in [0.25, 0.3) is 5.91 Å². The molecule has 7 heteroatoms. The van der Waals surface area contributed by atoms with E-state index in [0.29, 0.717) is 14.9 Å². The Kier molecular flexibility index (Phi) is 5.11. The lowest BCUT2D eigenvalue weighted by molar-refractivity contribution is -0.255. The highest BCUT2D eigenvalue weighted by molar-refractivity contribution is 8.27. The van der Waals surface area contributed by atoms with E-state index in [1.807, 2.05) is 43.3 Å². The molecule has 1 amide bonds. The third-order valence-corrected chi connectivity index (χ3v) is 5.14. The molecule has 0 saturated carbocycles. The maximum Gasteiger partial charge on any atom is 0.270 e. The highest BCUT2D eigenvalue weighted by Gasteiger charge is 2.33. The SMILES string of the molecule is CN(C)c1ccc(C=C2SC(=S)N(c3cccc(C(=O)[O-])c3)C2=O)cc1. The molecule has 1 saturated heterocycles. The summed E-state index contributed by atoms with van der Waals surface area (Å²) in [5.74, 6) is -1.57. The molecule has 5 nitrogen and oxygen atoms in total. The Bertz CT molecular complexity index is 921. The van der Waals surface area contributed by atoms with Gasteiger partial charge in [-0.1, -0.05) is 48.2 Å². The van der Waals surface area contributed by atoms with E-state index in [1.165, 1.54) is 28.8 Å². The lowest BCUT2D eigenvalue weighted by Gasteiger charge is -2.15. The number of carboxylic acids is 1. The summed E-state index contributed by atoms with van der Waals surface area (Å²) in [6, 6.07) is 13.8. The fourth-order valence-electron chi connectivity index (χ4n) is 2.48. The molecular weight excluding hydrogens is 368 g/mol. The van der Waals surface area contributed by atoms with Crippen molar-refractivity contribution in [1.82, 2.24) is 0 Å². The first-order valence-corrected chi connectivity index (χ1v) is 8.96. The molecule has 0 atom stereocenters. The molecular formula is C19H15N2O3S2-. The van der Waals surface area contributed by atoms with Crippen LogP contribution >= 0.6 is 24.0 Å². The molecule has 0 aromatic heterocycles. The number of anilines is 2. The van der Waals surface area contributed by atoms with Crippen molar-refractivity contribution >= 4 is 57.6 Å². The smallest absolute Gasteiger partial charge is 0.270 e. The summed E-state index contributed by atoms with van der Waals surface area (Å²) >= 11 is 6.51. The largest absolute Gasteiger partial charge is 0.545 e. The molecule has 1 heterocycles. The minimum atomic E-state index is -1.30. The number of thiocarbonyl (C=S) groups is 1. The lowest BCUT2D eigenvalue weighted by Crippen LogP contribution is -2.28. The molecule has 0 N–H and O–H groups in total. The maximum atomic E-state index is 12.8. The van der Waals surface area contributed by atoms with E-state index < -0.39 is 5.97 Å². The van der Waals surface area contributed by atoms with Crippen LogP contribution in [0.3, 0.4) is 0 Å². The third-order valence-electron chi connectivity index (χ3n) is 3.84. The van der Waals surface area contributed by atoms with Crippen molar-refractivity contribution in [3.05, 3.63) is 64.6 Å². The monoisotopic (exact) mass is 383 g/mol. The Balaban J connectivity index is 1.89. The molecule has 26 heavy (non-hydrogen) atoms. The number of benzene rings is 2. The van der Waals surface area contributed by atoms with Gasteiger partial charge < -0.3 is 14.8 Å². The van der Waals surface area contributed by atoms with Gasteiger partial charge in [0.15, 0.2) is 4.32 Å². The highest BCUT2D eigenvalue weighted by atomic mass is 32.2. The summed E-state index contributed by atoms with van der Waals surface area (Å²) in [6.45, 7) is 0. The van der Waals surface area contributed by atoms with Gasteiger partial charge in [0.1, 0.15) is 0 Å². The van der Waals surface area contributed by atoms with E-state index in [2.05, 4.69) is 0 Å². The first kappa shape index (κ1) is 18.2. The maximum absolute atomic E-state index is 12.8. The van der Waals surface area contributed by atoms with Gasteiger partial charge in [-0.2, -0.15) is 0 Å². The van der Waals surface area contributed by atoms with E-state index in [9.17, 15) is 14.7 Å². The van der Waals surface area contributed by atoms with Crippen molar-refractivity contribution in [3.63, 3.8) is 0 Å². The van der Waals surface area contributed by atoms with Crippen molar-refractivity contribution < 1.29 is 14.7 Å². The van der Waals surface area contributed by atoms with Gasteiger partial charge in [-0.3, -0.25) is 9.69 Å². The molecule has 3 rings (SSSR count). The third kappa shape index (κ3) is 3.63. The van der Waals surface area contributed by atoms with Crippen LogP contribution in [-0.2, 0) is 4.79 Å². The number of rotatable bonds is 4. The van der Waals surface area contributed by atoms with Crippen molar-refractivity contribution in [2.75, 3.05) is 23.9 Å². The molecule has 1 aliphatic heterocycles. The number of carbonyl (C=O) groups is 2. The van der Waals surface area contributed by atoms with Gasteiger partial charge in [0.2, 0.25) is 0 Å². The summed E-state index contributed by atoms with van der Waals surface area (Å²) < 4.78 is 0.363. The van der Waals surface area contributed by atoms with E-state index in [0.717, 1.165) is 11.3 Å². The number of aromatic carboxylic acids is 1.